The fraction of sp³-hybridized carbons (Fsp3) is 0.333. The minimum absolute atomic E-state index is 0.0705. The Balaban J connectivity index is 1.39. The van der Waals surface area contributed by atoms with Gasteiger partial charge in [-0.2, -0.15) is 5.10 Å². The molecule has 1 aliphatic heterocycles. The second kappa shape index (κ2) is 7.88. The molecule has 1 atom stereocenters. The molecule has 0 amide bonds. The van der Waals surface area contributed by atoms with Gasteiger partial charge in [-0.1, -0.05) is 13.8 Å². The van der Waals surface area contributed by atoms with Crippen molar-refractivity contribution in [3.05, 3.63) is 43.1 Å². The van der Waals surface area contributed by atoms with Crippen LogP contribution in [-0.4, -0.2) is 65.7 Å². The van der Waals surface area contributed by atoms with Crippen LogP contribution in [0.2, 0.25) is 0 Å². The molecule has 10 heteroatoms. The van der Waals surface area contributed by atoms with E-state index >= 15 is 0 Å². The number of nitrogens with zero attached hydrogens (tertiary/aromatic N) is 8. The average molecular weight is 417 g/mol. The molecule has 0 saturated carbocycles. The van der Waals surface area contributed by atoms with E-state index in [1.807, 2.05) is 6.07 Å². The van der Waals surface area contributed by atoms with Crippen LogP contribution in [0, 0.1) is 5.92 Å². The van der Waals surface area contributed by atoms with Crippen molar-refractivity contribution in [1.29, 1.82) is 0 Å². The number of hydrogen-bond donors (Lipinski definition) is 2. The lowest BCUT2D eigenvalue weighted by Crippen LogP contribution is -2.53. The summed E-state index contributed by atoms with van der Waals surface area (Å²) >= 11 is 0. The number of nitrogens with one attached hydrogen (secondary N) is 1. The molecule has 5 rings (SSSR count). The topological polar surface area (TPSA) is 118 Å². The third kappa shape index (κ3) is 3.66. The summed E-state index contributed by atoms with van der Waals surface area (Å²) in [6.07, 6.45) is 6.51. The third-order valence-corrected chi connectivity index (χ3v) is 5.58. The van der Waals surface area contributed by atoms with Crippen LogP contribution in [0.15, 0.2) is 43.1 Å². The second-order valence-corrected chi connectivity index (χ2v) is 7.95. The lowest BCUT2D eigenvalue weighted by atomic mass is 10.0. The highest BCUT2D eigenvalue weighted by Gasteiger charge is 2.23. The maximum absolute atomic E-state index is 10.6. The van der Waals surface area contributed by atoms with Crippen molar-refractivity contribution in [2.45, 2.75) is 19.9 Å². The molecule has 4 heterocycles. The van der Waals surface area contributed by atoms with E-state index in [2.05, 4.69) is 54.3 Å². The fourth-order valence-corrected chi connectivity index (χ4v) is 3.78. The van der Waals surface area contributed by atoms with Crippen molar-refractivity contribution in [1.82, 2.24) is 40.2 Å². The number of aromatic hydroxyl groups is 1. The van der Waals surface area contributed by atoms with Gasteiger partial charge in [0, 0.05) is 43.5 Å². The standard InChI is InChI=1S/C21H23N9O/c1-13(2)18-11-29(6-5-23-18)21-24-10-17(27-28-21)16-4-3-15(7-19(16)31)30-20-14(9-26-30)8-22-12-25-20/h3-4,7-10,12-13,18,23,31H,5-6,11H2,1-2H3. The first-order valence-corrected chi connectivity index (χ1v) is 10.3. The molecule has 1 aromatic carbocycles. The molecule has 0 bridgehead atoms. The summed E-state index contributed by atoms with van der Waals surface area (Å²) in [6.45, 7) is 6.98. The number of aromatic nitrogens is 7. The molecule has 10 nitrogen and oxygen atoms in total. The summed E-state index contributed by atoms with van der Waals surface area (Å²) in [7, 11) is 0. The Morgan fingerprint density at radius 3 is 2.81 bits per heavy atom. The summed E-state index contributed by atoms with van der Waals surface area (Å²) in [6, 6.07) is 5.66. The number of hydrogen-bond acceptors (Lipinski definition) is 9. The molecule has 0 aliphatic carbocycles. The lowest BCUT2D eigenvalue weighted by molar-refractivity contribution is 0.365. The molecule has 3 aromatic heterocycles. The summed E-state index contributed by atoms with van der Waals surface area (Å²) in [5.74, 6) is 1.21. The van der Waals surface area contributed by atoms with E-state index in [9.17, 15) is 5.11 Å². The molecule has 1 unspecified atom stereocenters. The normalized spacial score (nSPS) is 16.9. The molecule has 31 heavy (non-hydrogen) atoms. The van der Waals surface area contributed by atoms with Crippen molar-refractivity contribution in [3.8, 4) is 22.7 Å². The van der Waals surface area contributed by atoms with Gasteiger partial charge in [-0.3, -0.25) is 0 Å². The van der Waals surface area contributed by atoms with E-state index in [4.69, 9.17) is 0 Å². The van der Waals surface area contributed by atoms with Crippen LogP contribution in [0.25, 0.3) is 28.0 Å². The summed E-state index contributed by atoms with van der Waals surface area (Å²) in [4.78, 5) is 14.9. The first kappa shape index (κ1) is 19.3. The zero-order chi connectivity index (χ0) is 21.4. The molecule has 0 spiro atoms. The molecule has 1 fully saturated rings. The van der Waals surface area contributed by atoms with E-state index in [0.29, 0.717) is 40.5 Å². The highest BCUT2D eigenvalue weighted by Crippen LogP contribution is 2.30. The Labute approximate surface area is 179 Å². The number of piperazine rings is 1. The third-order valence-electron chi connectivity index (χ3n) is 5.58. The number of phenols is 1. The van der Waals surface area contributed by atoms with Gasteiger partial charge in [0.25, 0.3) is 0 Å². The van der Waals surface area contributed by atoms with E-state index in [1.54, 1.807) is 35.4 Å². The smallest absolute Gasteiger partial charge is 0.245 e. The van der Waals surface area contributed by atoms with Crippen molar-refractivity contribution in [3.63, 3.8) is 0 Å². The van der Waals surface area contributed by atoms with Crippen molar-refractivity contribution >= 4 is 17.0 Å². The SMILES string of the molecule is CC(C)C1CN(c2ncc(-c3ccc(-n4ncc5cncnc54)cc3O)nn2)CCN1. The molecule has 158 valence electrons. The van der Waals surface area contributed by atoms with Crippen LogP contribution >= 0.6 is 0 Å². The highest BCUT2D eigenvalue weighted by atomic mass is 16.3. The summed E-state index contributed by atoms with van der Waals surface area (Å²) in [5.41, 5.74) is 2.43. The van der Waals surface area contributed by atoms with Crippen LogP contribution in [0.1, 0.15) is 13.8 Å². The molecule has 1 saturated heterocycles. The number of anilines is 1. The van der Waals surface area contributed by atoms with Crippen LogP contribution in [-0.2, 0) is 0 Å². The minimum atomic E-state index is 0.0705. The average Bonchev–Trinajstić information content (AvgIpc) is 3.23. The first-order valence-electron chi connectivity index (χ1n) is 10.3. The van der Waals surface area contributed by atoms with E-state index in [0.717, 1.165) is 25.0 Å². The fourth-order valence-electron chi connectivity index (χ4n) is 3.78. The largest absolute Gasteiger partial charge is 0.507 e. The van der Waals surface area contributed by atoms with Crippen molar-refractivity contribution in [2.24, 2.45) is 5.92 Å². The summed E-state index contributed by atoms with van der Waals surface area (Å²) < 4.78 is 1.66. The molecule has 2 N–H and O–H groups in total. The van der Waals surface area contributed by atoms with Gasteiger partial charge in [0.1, 0.15) is 17.8 Å². The maximum Gasteiger partial charge on any atom is 0.245 e. The highest BCUT2D eigenvalue weighted by molar-refractivity contribution is 5.76. The van der Waals surface area contributed by atoms with E-state index in [-0.39, 0.29) is 5.75 Å². The Kier molecular flexibility index (Phi) is 4.91. The first-order chi connectivity index (χ1) is 15.1. The van der Waals surface area contributed by atoms with Gasteiger partial charge in [0.15, 0.2) is 5.65 Å². The predicted octanol–water partition coefficient (Wildman–Crippen LogP) is 1.81. The number of benzene rings is 1. The van der Waals surface area contributed by atoms with Gasteiger partial charge in [-0.15, -0.1) is 10.2 Å². The van der Waals surface area contributed by atoms with Gasteiger partial charge in [0.2, 0.25) is 5.95 Å². The number of phenolic OH excluding ortho intramolecular Hbond substituents is 1. The monoisotopic (exact) mass is 417 g/mol. The maximum atomic E-state index is 10.6. The van der Waals surface area contributed by atoms with Gasteiger partial charge in [0.05, 0.1) is 23.5 Å². The zero-order valence-corrected chi connectivity index (χ0v) is 17.3. The van der Waals surface area contributed by atoms with Crippen LogP contribution < -0.4 is 10.2 Å². The lowest BCUT2D eigenvalue weighted by Gasteiger charge is -2.35. The van der Waals surface area contributed by atoms with Crippen molar-refractivity contribution in [2.75, 3.05) is 24.5 Å². The Morgan fingerprint density at radius 1 is 1.13 bits per heavy atom. The predicted molar refractivity (Wildman–Crippen MR) is 116 cm³/mol. The van der Waals surface area contributed by atoms with Gasteiger partial charge in [-0.05, 0) is 18.1 Å². The van der Waals surface area contributed by atoms with Crippen molar-refractivity contribution < 1.29 is 5.11 Å². The molecular formula is C21H23N9O. The Morgan fingerprint density at radius 2 is 2.03 bits per heavy atom. The van der Waals surface area contributed by atoms with Gasteiger partial charge < -0.3 is 15.3 Å². The number of fused-ring (bicyclic) bond motifs is 1. The molecular weight excluding hydrogens is 394 g/mol. The zero-order valence-electron chi connectivity index (χ0n) is 17.3. The Hall–Kier alpha value is -3.66. The van der Waals surface area contributed by atoms with Gasteiger partial charge in [-0.25, -0.2) is 19.6 Å². The second-order valence-electron chi connectivity index (χ2n) is 7.95. The van der Waals surface area contributed by atoms with Crippen LogP contribution in [0.5, 0.6) is 5.75 Å². The van der Waals surface area contributed by atoms with Crippen LogP contribution in [0.3, 0.4) is 0 Å². The minimum Gasteiger partial charge on any atom is -0.507 e. The number of rotatable bonds is 4. The quantitative estimate of drug-likeness (QED) is 0.512. The Bertz CT molecular complexity index is 1210. The van der Waals surface area contributed by atoms with Gasteiger partial charge >= 0.3 is 0 Å². The molecule has 1 aliphatic rings. The summed E-state index contributed by atoms with van der Waals surface area (Å²) in [5, 5.41) is 28.0. The van der Waals surface area contributed by atoms with Crippen LogP contribution in [0.4, 0.5) is 5.95 Å². The van der Waals surface area contributed by atoms with E-state index < -0.39 is 0 Å². The molecule has 0 radical (unpaired) electrons. The molecule has 4 aromatic rings. The van der Waals surface area contributed by atoms with E-state index in [1.165, 1.54) is 6.33 Å².